The molecule has 0 spiro atoms. The summed E-state index contributed by atoms with van der Waals surface area (Å²) in [6.45, 7) is 9.30. The third kappa shape index (κ3) is 3.73. The second-order valence-corrected chi connectivity index (χ2v) is 3.86. The van der Waals surface area contributed by atoms with E-state index in [1.807, 2.05) is 0 Å². The van der Waals surface area contributed by atoms with Gasteiger partial charge >= 0.3 is 0 Å². The van der Waals surface area contributed by atoms with E-state index < -0.39 is 0 Å². The van der Waals surface area contributed by atoms with Crippen LogP contribution < -0.4 is 10.6 Å². The van der Waals surface area contributed by atoms with Crippen LogP contribution in [-0.4, -0.2) is 26.2 Å². The highest BCUT2D eigenvalue weighted by molar-refractivity contribution is 4.67. The fraction of sp³-hybridized carbons (Fsp3) is 1.00. The molecule has 1 fully saturated rings. The average molecular weight is 156 g/mol. The molecule has 2 unspecified atom stereocenters. The van der Waals surface area contributed by atoms with Gasteiger partial charge in [0.25, 0.3) is 0 Å². The standard InChI is InChI=1S/C9H20N2/c1-8-3-4-10-6-9(2)7-11-5-8/h8-11H,3-7H2,1-2H3. The Hall–Kier alpha value is -0.0800. The van der Waals surface area contributed by atoms with Crippen LogP contribution in [0, 0.1) is 11.8 Å². The second kappa shape index (κ2) is 4.73. The van der Waals surface area contributed by atoms with Crippen molar-refractivity contribution in [3.05, 3.63) is 0 Å². The molecule has 2 atom stereocenters. The number of nitrogens with one attached hydrogen (secondary N) is 2. The van der Waals surface area contributed by atoms with E-state index >= 15 is 0 Å². The fourth-order valence-corrected chi connectivity index (χ4v) is 1.45. The van der Waals surface area contributed by atoms with Crippen molar-refractivity contribution in [1.82, 2.24) is 10.6 Å². The minimum Gasteiger partial charge on any atom is -0.316 e. The fourth-order valence-electron chi connectivity index (χ4n) is 1.45. The Bertz CT molecular complexity index is 91.7. The Labute approximate surface area is 69.8 Å². The smallest absolute Gasteiger partial charge is 0.00109 e. The molecule has 1 heterocycles. The maximum Gasteiger partial charge on any atom is -0.00109 e. The third-order valence-electron chi connectivity index (χ3n) is 2.29. The Balaban J connectivity index is 2.24. The van der Waals surface area contributed by atoms with Gasteiger partial charge in [-0.25, -0.2) is 0 Å². The minimum atomic E-state index is 0.778. The zero-order valence-corrected chi connectivity index (χ0v) is 7.69. The molecule has 0 aromatic carbocycles. The van der Waals surface area contributed by atoms with E-state index in [-0.39, 0.29) is 0 Å². The van der Waals surface area contributed by atoms with E-state index in [9.17, 15) is 0 Å². The highest BCUT2D eigenvalue weighted by Gasteiger charge is 2.07. The molecule has 0 saturated carbocycles. The summed E-state index contributed by atoms with van der Waals surface area (Å²) in [6.07, 6.45) is 1.31. The molecule has 1 aliphatic rings. The van der Waals surface area contributed by atoms with E-state index in [1.165, 1.54) is 26.1 Å². The lowest BCUT2D eigenvalue weighted by molar-refractivity contribution is 0.477. The van der Waals surface area contributed by atoms with Crippen molar-refractivity contribution >= 4 is 0 Å². The first kappa shape index (κ1) is 9.01. The van der Waals surface area contributed by atoms with E-state index in [4.69, 9.17) is 0 Å². The second-order valence-electron chi connectivity index (χ2n) is 3.86. The lowest BCUT2D eigenvalue weighted by Gasteiger charge is -2.10. The summed E-state index contributed by atoms with van der Waals surface area (Å²) in [4.78, 5) is 0. The number of hydrogen-bond acceptors (Lipinski definition) is 2. The van der Waals surface area contributed by atoms with Crippen LogP contribution in [0.5, 0.6) is 0 Å². The van der Waals surface area contributed by atoms with Gasteiger partial charge in [-0.1, -0.05) is 13.8 Å². The van der Waals surface area contributed by atoms with Gasteiger partial charge in [0.1, 0.15) is 0 Å². The molecule has 0 radical (unpaired) electrons. The summed E-state index contributed by atoms with van der Waals surface area (Å²) < 4.78 is 0. The Morgan fingerprint density at radius 1 is 0.909 bits per heavy atom. The van der Waals surface area contributed by atoms with Gasteiger partial charge in [0.15, 0.2) is 0 Å². The summed E-state index contributed by atoms with van der Waals surface area (Å²) in [6, 6.07) is 0. The first-order chi connectivity index (χ1) is 5.29. The lowest BCUT2D eigenvalue weighted by atomic mass is 10.1. The highest BCUT2D eigenvalue weighted by atomic mass is 14.9. The molecule has 0 aromatic heterocycles. The predicted molar refractivity (Wildman–Crippen MR) is 48.7 cm³/mol. The summed E-state index contributed by atoms with van der Waals surface area (Å²) in [5, 5.41) is 6.95. The van der Waals surface area contributed by atoms with E-state index in [1.54, 1.807) is 0 Å². The van der Waals surface area contributed by atoms with Gasteiger partial charge in [-0.2, -0.15) is 0 Å². The summed E-state index contributed by atoms with van der Waals surface area (Å²) in [7, 11) is 0. The van der Waals surface area contributed by atoms with Crippen LogP contribution in [-0.2, 0) is 0 Å². The number of hydrogen-bond donors (Lipinski definition) is 2. The van der Waals surface area contributed by atoms with Crippen molar-refractivity contribution in [1.29, 1.82) is 0 Å². The largest absolute Gasteiger partial charge is 0.316 e. The SMILES string of the molecule is CC1CCNCC(C)CNC1. The molecule has 0 amide bonds. The monoisotopic (exact) mass is 156 g/mol. The van der Waals surface area contributed by atoms with Crippen molar-refractivity contribution < 1.29 is 0 Å². The third-order valence-corrected chi connectivity index (χ3v) is 2.29. The van der Waals surface area contributed by atoms with Crippen molar-refractivity contribution in [3.8, 4) is 0 Å². The molecule has 1 rings (SSSR count). The highest BCUT2D eigenvalue weighted by Crippen LogP contribution is 2.01. The zero-order valence-electron chi connectivity index (χ0n) is 7.69. The van der Waals surface area contributed by atoms with Gasteiger partial charge in [-0.05, 0) is 44.4 Å². The summed E-state index contributed by atoms with van der Waals surface area (Å²) in [5.74, 6) is 1.60. The number of rotatable bonds is 0. The Morgan fingerprint density at radius 2 is 1.55 bits per heavy atom. The molecule has 1 aliphatic heterocycles. The first-order valence-corrected chi connectivity index (χ1v) is 4.70. The van der Waals surface area contributed by atoms with Crippen LogP contribution >= 0.6 is 0 Å². The topological polar surface area (TPSA) is 24.1 Å². The van der Waals surface area contributed by atoms with Crippen LogP contribution in [0.4, 0.5) is 0 Å². The van der Waals surface area contributed by atoms with Crippen molar-refractivity contribution in [2.24, 2.45) is 11.8 Å². The van der Waals surface area contributed by atoms with E-state index in [2.05, 4.69) is 24.5 Å². The predicted octanol–water partition coefficient (Wildman–Crippen LogP) is 0.841. The molecule has 2 nitrogen and oxygen atoms in total. The summed E-state index contributed by atoms with van der Waals surface area (Å²) >= 11 is 0. The first-order valence-electron chi connectivity index (χ1n) is 4.70. The van der Waals surface area contributed by atoms with Gasteiger partial charge in [0, 0.05) is 0 Å². The molecule has 2 heteroatoms. The van der Waals surface area contributed by atoms with Crippen LogP contribution in [0.15, 0.2) is 0 Å². The van der Waals surface area contributed by atoms with Gasteiger partial charge in [0.2, 0.25) is 0 Å². The Kier molecular flexibility index (Phi) is 3.87. The van der Waals surface area contributed by atoms with Crippen LogP contribution in [0.1, 0.15) is 20.3 Å². The maximum atomic E-state index is 3.49. The van der Waals surface area contributed by atoms with Gasteiger partial charge < -0.3 is 10.6 Å². The lowest BCUT2D eigenvalue weighted by Crippen LogP contribution is -2.28. The van der Waals surface area contributed by atoms with Crippen molar-refractivity contribution in [2.75, 3.05) is 26.2 Å². The van der Waals surface area contributed by atoms with Crippen LogP contribution in [0.3, 0.4) is 0 Å². The molecular weight excluding hydrogens is 136 g/mol. The molecule has 0 aromatic rings. The quantitative estimate of drug-likeness (QED) is 0.543. The van der Waals surface area contributed by atoms with Gasteiger partial charge in [-0.15, -0.1) is 0 Å². The normalized spacial score (nSPS) is 35.5. The van der Waals surface area contributed by atoms with Crippen molar-refractivity contribution in [3.63, 3.8) is 0 Å². The zero-order chi connectivity index (χ0) is 8.10. The van der Waals surface area contributed by atoms with Crippen molar-refractivity contribution in [2.45, 2.75) is 20.3 Å². The minimum absolute atomic E-state index is 0.778. The average Bonchev–Trinajstić information content (AvgIpc) is 2.04. The molecule has 11 heavy (non-hydrogen) atoms. The molecule has 0 aliphatic carbocycles. The van der Waals surface area contributed by atoms with E-state index in [0.717, 1.165) is 18.4 Å². The molecular formula is C9H20N2. The Morgan fingerprint density at radius 3 is 2.36 bits per heavy atom. The molecule has 66 valence electrons. The summed E-state index contributed by atoms with van der Waals surface area (Å²) in [5.41, 5.74) is 0. The molecule has 1 saturated heterocycles. The van der Waals surface area contributed by atoms with Gasteiger partial charge in [0.05, 0.1) is 0 Å². The molecule has 0 bridgehead atoms. The van der Waals surface area contributed by atoms with E-state index in [0.29, 0.717) is 0 Å². The molecule has 2 N–H and O–H groups in total. The van der Waals surface area contributed by atoms with Crippen LogP contribution in [0.2, 0.25) is 0 Å². The van der Waals surface area contributed by atoms with Gasteiger partial charge in [-0.3, -0.25) is 0 Å². The maximum absolute atomic E-state index is 3.49. The van der Waals surface area contributed by atoms with Crippen LogP contribution in [0.25, 0.3) is 0 Å².